The summed E-state index contributed by atoms with van der Waals surface area (Å²) in [6, 6.07) is 93.8. The van der Waals surface area contributed by atoms with E-state index in [-0.39, 0.29) is 5.41 Å². The van der Waals surface area contributed by atoms with Crippen molar-refractivity contribution in [2.75, 3.05) is 9.80 Å². The highest BCUT2D eigenvalue weighted by Gasteiger charge is 2.46. The van der Waals surface area contributed by atoms with E-state index in [0.29, 0.717) is 0 Å². The largest absolute Gasteiger partial charge is 0.310 e. The fourth-order valence-corrected chi connectivity index (χ4v) is 11.2. The molecule has 0 unspecified atom stereocenters. The molecule has 0 spiro atoms. The van der Waals surface area contributed by atoms with Gasteiger partial charge < -0.3 is 9.80 Å². The van der Waals surface area contributed by atoms with Gasteiger partial charge in [-0.25, -0.2) is 0 Å². The standard InChI is InChI=1S/C64H48N2/c1-63(2)58-36-16-12-33-54(58)57-41-40-52(44-61(57)63)65(48-27-10-5-11-28-48)50-30-21-31-51(43-50)66(62-39-19-15-32-53(62)45-22-6-3-7-23-45)49-29-20-26-47(42-49)64(46-24-8-4-9-25-46)59-37-17-13-34-55(59)56-35-14-18-38-60(56)64/h3-44H,1-2H3. The van der Waals surface area contributed by atoms with Crippen molar-refractivity contribution in [1.82, 2.24) is 0 Å². The summed E-state index contributed by atoms with van der Waals surface area (Å²) in [7, 11) is 0. The van der Waals surface area contributed by atoms with Crippen LogP contribution in [0.25, 0.3) is 33.4 Å². The molecule has 0 aliphatic heterocycles. The Morgan fingerprint density at radius 1 is 0.273 bits per heavy atom. The fourth-order valence-electron chi connectivity index (χ4n) is 11.2. The summed E-state index contributed by atoms with van der Waals surface area (Å²) in [5.74, 6) is 0. The van der Waals surface area contributed by atoms with E-state index in [0.717, 1.165) is 45.3 Å². The first-order chi connectivity index (χ1) is 32.5. The number of hydrogen-bond donors (Lipinski definition) is 0. The molecule has 0 saturated carbocycles. The first kappa shape index (κ1) is 39.4. The highest BCUT2D eigenvalue weighted by molar-refractivity contribution is 5.92. The predicted octanol–water partition coefficient (Wildman–Crippen LogP) is 17.0. The molecule has 2 heteroatoms. The van der Waals surface area contributed by atoms with Gasteiger partial charge in [0.2, 0.25) is 0 Å². The average Bonchev–Trinajstić information content (AvgIpc) is 3.81. The molecule has 2 nitrogen and oxygen atoms in total. The Morgan fingerprint density at radius 3 is 1.38 bits per heavy atom. The van der Waals surface area contributed by atoms with Crippen LogP contribution in [0.15, 0.2) is 255 Å². The summed E-state index contributed by atoms with van der Waals surface area (Å²) in [4.78, 5) is 4.88. The monoisotopic (exact) mass is 844 g/mol. The molecule has 66 heavy (non-hydrogen) atoms. The van der Waals surface area contributed by atoms with Crippen LogP contribution in [0, 0.1) is 0 Å². The molecule has 10 aromatic carbocycles. The van der Waals surface area contributed by atoms with Crippen LogP contribution >= 0.6 is 0 Å². The zero-order chi connectivity index (χ0) is 44.2. The van der Waals surface area contributed by atoms with E-state index in [9.17, 15) is 0 Å². The summed E-state index contributed by atoms with van der Waals surface area (Å²) >= 11 is 0. The molecule has 0 heterocycles. The van der Waals surface area contributed by atoms with Crippen molar-refractivity contribution in [2.24, 2.45) is 0 Å². The maximum absolute atomic E-state index is 2.46. The molecule has 0 saturated heterocycles. The second kappa shape index (κ2) is 15.8. The van der Waals surface area contributed by atoms with Crippen molar-refractivity contribution in [3.63, 3.8) is 0 Å². The van der Waals surface area contributed by atoms with Gasteiger partial charge in [0, 0.05) is 39.4 Å². The van der Waals surface area contributed by atoms with Crippen LogP contribution in [0.4, 0.5) is 34.1 Å². The van der Waals surface area contributed by atoms with E-state index in [1.165, 1.54) is 55.6 Å². The lowest BCUT2D eigenvalue weighted by atomic mass is 9.67. The van der Waals surface area contributed by atoms with Crippen molar-refractivity contribution in [3.8, 4) is 33.4 Å². The van der Waals surface area contributed by atoms with Gasteiger partial charge in [0.15, 0.2) is 0 Å². The molecule has 0 N–H and O–H groups in total. The predicted molar refractivity (Wildman–Crippen MR) is 276 cm³/mol. The average molecular weight is 845 g/mol. The van der Waals surface area contributed by atoms with Crippen molar-refractivity contribution in [1.29, 1.82) is 0 Å². The lowest BCUT2D eigenvalue weighted by Crippen LogP contribution is -2.28. The maximum atomic E-state index is 2.46. The molecular formula is C64H48N2. The zero-order valence-corrected chi connectivity index (χ0v) is 37.1. The molecular weight excluding hydrogens is 797 g/mol. The summed E-state index contributed by atoms with van der Waals surface area (Å²) in [6.45, 7) is 4.71. The molecule has 0 bridgehead atoms. The van der Waals surface area contributed by atoms with Crippen LogP contribution in [-0.4, -0.2) is 0 Å². The highest BCUT2D eigenvalue weighted by atomic mass is 15.2. The van der Waals surface area contributed by atoms with Crippen molar-refractivity contribution in [3.05, 3.63) is 288 Å². The Morgan fingerprint density at radius 2 is 0.712 bits per heavy atom. The van der Waals surface area contributed by atoms with Gasteiger partial charge in [0.25, 0.3) is 0 Å². The zero-order valence-electron chi connectivity index (χ0n) is 37.1. The van der Waals surface area contributed by atoms with Crippen LogP contribution in [0.2, 0.25) is 0 Å². The van der Waals surface area contributed by atoms with E-state index < -0.39 is 5.41 Å². The number of hydrogen-bond acceptors (Lipinski definition) is 2. The van der Waals surface area contributed by atoms with Crippen LogP contribution in [0.5, 0.6) is 0 Å². The van der Waals surface area contributed by atoms with Crippen molar-refractivity contribution >= 4 is 34.1 Å². The molecule has 12 rings (SSSR count). The van der Waals surface area contributed by atoms with Gasteiger partial charge in [-0.1, -0.05) is 208 Å². The second-order valence-electron chi connectivity index (χ2n) is 18.1. The third-order valence-electron chi connectivity index (χ3n) is 14.1. The number of rotatable bonds is 9. The van der Waals surface area contributed by atoms with Crippen LogP contribution in [0.1, 0.15) is 47.2 Å². The fraction of sp³-hybridized carbons (Fsp3) is 0.0625. The Bertz CT molecular complexity index is 3360. The lowest BCUT2D eigenvalue weighted by Gasteiger charge is -2.35. The molecule has 10 aromatic rings. The number of anilines is 6. The Balaban J connectivity index is 1.08. The second-order valence-corrected chi connectivity index (χ2v) is 18.1. The van der Waals surface area contributed by atoms with E-state index in [4.69, 9.17) is 0 Å². The summed E-state index contributed by atoms with van der Waals surface area (Å²) in [5, 5.41) is 0. The lowest BCUT2D eigenvalue weighted by molar-refractivity contribution is 0.660. The molecule has 0 radical (unpaired) electrons. The minimum atomic E-state index is -0.540. The van der Waals surface area contributed by atoms with Crippen LogP contribution < -0.4 is 9.80 Å². The van der Waals surface area contributed by atoms with E-state index in [1.54, 1.807) is 0 Å². The smallest absolute Gasteiger partial charge is 0.0714 e. The third kappa shape index (κ3) is 6.17. The molecule has 0 aromatic heterocycles. The minimum absolute atomic E-state index is 0.132. The molecule has 314 valence electrons. The molecule has 2 aliphatic carbocycles. The Labute approximate surface area is 388 Å². The van der Waals surface area contributed by atoms with Crippen molar-refractivity contribution in [2.45, 2.75) is 24.7 Å². The van der Waals surface area contributed by atoms with Gasteiger partial charge in [-0.15, -0.1) is 0 Å². The first-order valence-electron chi connectivity index (χ1n) is 23.0. The summed E-state index contributed by atoms with van der Waals surface area (Å²) in [6.07, 6.45) is 0. The highest BCUT2D eigenvalue weighted by Crippen LogP contribution is 2.57. The van der Waals surface area contributed by atoms with E-state index in [2.05, 4.69) is 278 Å². The van der Waals surface area contributed by atoms with Crippen molar-refractivity contribution < 1.29 is 0 Å². The van der Waals surface area contributed by atoms with Crippen LogP contribution in [-0.2, 0) is 10.8 Å². The van der Waals surface area contributed by atoms with E-state index >= 15 is 0 Å². The quantitative estimate of drug-likeness (QED) is 0.143. The van der Waals surface area contributed by atoms with E-state index in [1.807, 2.05) is 0 Å². The minimum Gasteiger partial charge on any atom is -0.310 e. The topological polar surface area (TPSA) is 6.48 Å². The molecule has 0 amide bonds. The van der Waals surface area contributed by atoms with Gasteiger partial charge in [0.1, 0.15) is 0 Å². The number of nitrogens with zero attached hydrogens (tertiary/aromatic N) is 2. The molecule has 2 aliphatic rings. The third-order valence-corrected chi connectivity index (χ3v) is 14.1. The molecule has 0 fully saturated rings. The van der Waals surface area contributed by atoms with Gasteiger partial charge in [-0.3, -0.25) is 0 Å². The van der Waals surface area contributed by atoms with Gasteiger partial charge in [-0.2, -0.15) is 0 Å². The number of para-hydroxylation sites is 2. The van der Waals surface area contributed by atoms with Crippen LogP contribution in [0.3, 0.4) is 0 Å². The summed E-state index contributed by atoms with van der Waals surface area (Å²) < 4.78 is 0. The SMILES string of the molecule is CC1(C)c2ccccc2-c2ccc(N(c3ccccc3)c3cccc(N(c4cccc(C5(c6ccccc6)c6ccccc6-c6ccccc65)c4)c4ccccc4-c4ccccc4)c3)cc21. The number of benzene rings is 10. The van der Waals surface area contributed by atoms with Gasteiger partial charge in [0.05, 0.1) is 11.1 Å². The Kier molecular flexibility index (Phi) is 9.43. The normalized spacial score (nSPS) is 13.5. The van der Waals surface area contributed by atoms with Gasteiger partial charge >= 0.3 is 0 Å². The maximum Gasteiger partial charge on any atom is 0.0714 e. The Hall–Kier alpha value is -8.20. The number of fused-ring (bicyclic) bond motifs is 6. The summed E-state index contributed by atoms with van der Waals surface area (Å²) in [5.41, 5.74) is 21.2. The van der Waals surface area contributed by atoms with Gasteiger partial charge in [-0.05, 0) is 122 Å². The first-order valence-corrected chi connectivity index (χ1v) is 23.0. The molecule has 0 atom stereocenters.